The van der Waals surface area contributed by atoms with Crippen LogP contribution in [-0.4, -0.2) is 24.5 Å². The third-order valence-corrected chi connectivity index (χ3v) is 4.25. The molecule has 1 aromatic carbocycles. The van der Waals surface area contributed by atoms with E-state index in [1.807, 2.05) is 0 Å². The van der Waals surface area contributed by atoms with E-state index < -0.39 is 11.7 Å². The van der Waals surface area contributed by atoms with Crippen LogP contribution in [0.15, 0.2) is 61.2 Å². The van der Waals surface area contributed by atoms with Crippen LogP contribution >= 0.6 is 0 Å². The molecule has 0 amide bonds. The molecule has 29 heavy (non-hydrogen) atoms. The fourth-order valence-electron chi connectivity index (χ4n) is 2.78. The van der Waals surface area contributed by atoms with E-state index in [9.17, 15) is 13.2 Å². The van der Waals surface area contributed by atoms with E-state index in [1.165, 1.54) is 12.1 Å². The molecule has 3 aromatic heterocycles. The van der Waals surface area contributed by atoms with Crippen molar-refractivity contribution in [2.45, 2.75) is 13.1 Å². The number of hydrogen-bond donors (Lipinski definition) is 1. The third kappa shape index (κ3) is 3.93. The van der Waals surface area contributed by atoms with Gasteiger partial charge in [-0.3, -0.25) is 4.57 Å². The number of nitrogens with two attached hydrogens (primary N) is 1. The van der Waals surface area contributed by atoms with Crippen LogP contribution in [0.2, 0.25) is 0 Å². The highest BCUT2D eigenvalue weighted by Gasteiger charge is 2.30. The fourth-order valence-corrected chi connectivity index (χ4v) is 2.78. The van der Waals surface area contributed by atoms with Crippen molar-refractivity contribution >= 4 is 5.82 Å². The summed E-state index contributed by atoms with van der Waals surface area (Å²) in [4.78, 5) is 17.3. The molecule has 0 saturated carbocycles. The number of alkyl halides is 3. The van der Waals surface area contributed by atoms with Gasteiger partial charge < -0.3 is 5.73 Å². The van der Waals surface area contributed by atoms with Gasteiger partial charge in [-0.25, -0.2) is 19.9 Å². The Morgan fingerprint density at radius 3 is 2.28 bits per heavy atom. The number of nitrogen functional groups attached to an aromatic ring is 1. The van der Waals surface area contributed by atoms with Crippen LogP contribution < -0.4 is 5.73 Å². The Morgan fingerprint density at radius 2 is 1.62 bits per heavy atom. The SMILES string of the molecule is Cc1cc(-c2ccc(C(F)(F)F)cc2)nc(-n2cnc(-c3ccc(N)nc3)c2)n1. The normalized spacial score (nSPS) is 11.6. The van der Waals surface area contributed by atoms with Crippen LogP contribution in [0, 0.1) is 6.92 Å². The van der Waals surface area contributed by atoms with E-state index >= 15 is 0 Å². The second-order valence-electron chi connectivity index (χ2n) is 6.41. The van der Waals surface area contributed by atoms with E-state index in [0.717, 1.165) is 17.7 Å². The number of aryl methyl sites for hydroxylation is 1. The Labute approximate surface area is 163 Å². The number of anilines is 1. The largest absolute Gasteiger partial charge is 0.416 e. The molecule has 4 aromatic rings. The Bertz CT molecular complexity index is 1150. The number of rotatable bonds is 3. The summed E-state index contributed by atoms with van der Waals surface area (Å²) >= 11 is 0. The molecule has 9 heteroatoms. The molecular weight excluding hydrogens is 381 g/mol. The monoisotopic (exact) mass is 396 g/mol. The first kappa shape index (κ1) is 18.6. The predicted molar refractivity (Wildman–Crippen MR) is 102 cm³/mol. The van der Waals surface area contributed by atoms with Crippen LogP contribution in [0.5, 0.6) is 0 Å². The van der Waals surface area contributed by atoms with Crippen molar-refractivity contribution in [3.05, 3.63) is 72.4 Å². The van der Waals surface area contributed by atoms with Gasteiger partial charge in [0, 0.05) is 29.2 Å². The summed E-state index contributed by atoms with van der Waals surface area (Å²) < 4.78 is 40.0. The Balaban J connectivity index is 1.68. The summed E-state index contributed by atoms with van der Waals surface area (Å²) in [6, 6.07) is 10.1. The average Bonchev–Trinajstić information content (AvgIpc) is 3.18. The van der Waals surface area contributed by atoms with Crippen LogP contribution in [0.25, 0.3) is 28.5 Å². The third-order valence-electron chi connectivity index (χ3n) is 4.25. The number of nitrogens with zero attached hydrogens (tertiary/aromatic N) is 5. The van der Waals surface area contributed by atoms with Gasteiger partial charge >= 0.3 is 6.18 Å². The molecule has 0 atom stereocenters. The molecule has 6 nitrogen and oxygen atoms in total. The summed E-state index contributed by atoms with van der Waals surface area (Å²) in [5.74, 6) is 0.776. The molecule has 0 aliphatic carbocycles. The van der Waals surface area contributed by atoms with Crippen molar-refractivity contribution in [2.24, 2.45) is 0 Å². The predicted octanol–water partition coefficient (Wildman–Crippen LogP) is 4.30. The molecule has 3 heterocycles. The topological polar surface area (TPSA) is 82.5 Å². The van der Waals surface area contributed by atoms with Gasteiger partial charge in [-0.05, 0) is 37.3 Å². The van der Waals surface area contributed by atoms with Crippen LogP contribution in [0.4, 0.5) is 19.0 Å². The fraction of sp³-hybridized carbons (Fsp3) is 0.100. The second-order valence-corrected chi connectivity index (χ2v) is 6.41. The summed E-state index contributed by atoms with van der Waals surface area (Å²) in [5.41, 5.74) is 8.11. The maximum Gasteiger partial charge on any atom is 0.416 e. The summed E-state index contributed by atoms with van der Waals surface area (Å²) in [7, 11) is 0. The molecule has 4 rings (SSSR count). The van der Waals surface area contributed by atoms with Gasteiger partial charge in [0.1, 0.15) is 12.1 Å². The number of halogens is 3. The number of hydrogen-bond acceptors (Lipinski definition) is 5. The van der Waals surface area contributed by atoms with Crippen molar-refractivity contribution in [1.82, 2.24) is 24.5 Å². The lowest BCUT2D eigenvalue weighted by molar-refractivity contribution is -0.137. The highest BCUT2D eigenvalue weighted by Crippen LogP contribution is 2.31. The number of imidazole rings is 1. The Kier molecular flexibility index (Phi) is 4.50. The molecule has 0 fully saturated rings. The molecule has 0 saturated heterocycles. The zero-order valence-electron chi connectivity index (χ0n) is 15.2. The molecule has 0 spiro atoms. The van der Waals surface area contributed by atoms with E-state index in [0.29, 0.717) is 34.4 Å². The summed E-state index contributed by atoms with van der Waals surface area (Å²) in [6.07, 6.45) is 0.553. The summed E-state index contributed by atoms with van der Waals surface area (Å²) in [6.45, 7) is 1.79. The lowest BCUT2D eigenvalue weighted by atomic mass is 10.1. The minimum atomic E-state index is -4.38. The molecule has 146 valence electrons. The number of benzene rings is 1. The molecule has 0 aliphatic heterocycles. The molecule has 2 N–H and O–H groups in total. The molecule has 0 radical (unpaired) electrons. The van der Waals surface area contributed by atoms with Crippen LogP contribution in [0.1, 0.15) is 11.3 Å². The molecule has 0 bridgehead atoms. The Hall–Kier alpha value is -3.75. The average molecular weight is 396 g/mol. The lowest BCUT2D eigenvalue weighted by Crippen LogP contribution is -2.05. The van der Waals surface area contributed by atoms with E-state index in [1.54, 1.807) is 48.4 Å². The first-order chi connectivity index (χ1) is 13.8. The van der Waals surface area contributed by atoms with Gasteiger partial charge in [0.2, 0.25) is 5.95 Å². The zero-order valence-corrected chi connectivity index (χ0v) is 15.2. The van der Waals surface area contributed by atoms with Gasteiger partial charge in [0.15, 0.2) is 0 Å². The first-order valence-electron chi connectivity index (χ1n) is 8.59. The second kappa shape index (κ2) is 7.01. The van der Waals surface area contributed by atoms with Gasteiger partial charge in [0.25, 0.3) is 0 Å². The van der Waals surface area contributed by atoms with Crippen molar-refractivity contribution in [1.29, 1.82) is 0 Å². The van der Waals surface area contributed by atoms with Crippen molar-refractivity contribution in [2.75, 3.05) is 5.73 Å². The summed E-state index contributed by atoms with van der Waals surface area (Å²) in [5, 5.41) is 0. The van der Waals surface area contributed by atoms with E-state index in [4.69, 9.17) is 5.73 Å². The molecular formula is C20H15F3N6. The minimum Gasteiger partial charge on any atom is -0.384 e. The van der Waals surface area contributed by atoms with E-state index in [2.05, 4.69) is 19.9 Å². The van der Waals surface area contributed by atoms with Gasteiger partial charge in [-0.2, -0.15) is 13.2 Å². The quantitative estimate of drug-likeness (QED) is 0.558. The van der Waals surface area contributed by atoms with Crippen molar-refractivity contribution in [3.8, 4) is 28.5 Å². The molecule has 0 unspecified atom stereocenters. The van der Waals surface area contributed by atoms with Crippen LogP contribution in [0.3, 0.4) is 0 Å². The maximum absolute atomic E-state index is 12.8. The lowest BCUT2D eigenvalue weighted by Gasteiger charge is -2.09. The van der Waals surface area contributed by atoms with Gasteiger partial charge in [-0.1, -0.05) is 12.1 Å². The Morgan fingerprint density at radius 1 is 0.897 bits per heavy atom. The van der Waals surface area contributed by atoms with Gasteiger partial charge in [0.05, 0.1) is 17.0 Å². The van der Waals surface area contributed by atoms with Crippen molar-refractivity contribution in [3.63, 3.8) is 0 Å². The maximum atomic E-state index is 12.8. The first-order valence-corrected chi connectivity index (χ1v) is 8.59. The highest BCUT2D eigenvalue weighted by molar-refractivity contribution is 5.61. The number of pyridine rings is 1. The standard InChI is InChI=1S/C20H15F3N6/c1-12-8-16(13-2-5-15(6-3-13)20(21,22)23)28-19(27-12)29-10-17(26-11-29)14-4-7-18(24)25-9-14/h2-11H,1H3,(H2,24,25). The van der Waals surface area contributed by atoms with Crippen LogP contribution in [-0.2, 0) is 6.18 Å². The minimum absolute atomic E-state index is 0.363. The van der Waals surface area contributed by atoms with Gasteiger partial charge in [-0.15, -0.1) is 0 Å². The number of aromatic nitrogens is 5. The smallest absolute Gasteiger partial charge is 0.384 e. The zero-order chi connectivity index (χ0) is 20.6. The van der Waals surface area contributed by atoms with Crippen molar-refractivity contribution < 1.29 is 13.2 Å². The molecule has 0 aliphatic rings. The highest BCUT2D eigenvalue weighted by atomic mass is 19.4. The van der Waals surface area contributed by atoms with E-state index in [-0.39, 0.29) is 0 Å².